The van der Waals surface area contributed by atoms with Crippen LogP contribution in [0.2, 0.25) is 0 Å². The van der Waals surface area contributed by atoms with E-state index < -0.39 is 34.5 Å². The fourth-order valence-corrected chi connectivity index (χ4v) is 5.40. The van der Waals surface area contributed by atoms with Crippen molar-refractivity contribution in [2.45, 2.75) is 103 Å². The zero-order valence-electron chi connectivity index (χ0n) is 23.9. The maximum absolute atomic E-state index is 12.3. The second kappa shape index (κ2) is 18.4. The summed E-state index contributed by atoms with van der Waals surface area (Å²) in [5.74, 6) is 2.08. The minimum atomic E-state index is -1.04. The molecule has 2 N–H and O–H groups in total. The molecule has 1 amide bonds. The van der Waals surface area contributed by atoms with Gasteiger partial charge < -0.3 is 24.6 Å². The highest BCUT2D eigenvalue weighted by atomic mass is 32.2. The van der Waals surface area contributed by atoms with E-state index in [1.807, 2.05) is 24.5 Å². The molecular weight excluding hydrogens is 526 g/mol. The average Bonchev–Trinajstić information content (AvgIpc) is 3.31. The van der Waals surface area contributed by atoms with Gasteiger partial charge in [-0.15, -0.1) is 0 Å². The van der Waals surface area contributed by atoms with Gasteiger partial charge in [0.25, 0.3) is 0 Å². The van der Waals surface area contributed by atoms with Crippen LogP contribution >= 0.6 is 11.8 Å². The van der Waals surface area contributed by atoms with E-state index >= 15 is 0 Å². The van der Waals surface area contributed by atoms with Crippen molar-refractivity contribution in [3.05, 3.63) is 23.8 Å². The summed E-state index contributed by atoms with van der Waals surface area (Å²) in [7, 11) is -0.743. The fourth-order valence-electron chi connectivity index (χ4n) is 3.66. The summed E-state index contributed by atoms with van der Waals surface area (Å²) in [6, 6.07) is 5.12. The third kappa shape index (κ3) is 14.9. The van der Waals surface area contributed by atoms with Crippen molar-refractivity contribution in [3.8, 4) is 11.5 Å². The molecule has 1 aromatic carbocycles. The molecule has 0 saturated heterocycles. The lowest BCUT2D eigenvalue weighted by molar-refractivity contribution is -0.139. The molecule has 0 bridgehead atoms. The zero-order chi connectivity index (χ0) is 28.6. The Hall–Kier alpha value is -1.94. The quantitative estimate of drug-likeness (QED) is 0.240. The van der Waals surface area contributed by atoms with Gasteiger partial charge >= 0.3 is 12.1 Å². The predicted molar refractivity (Wildman–Crippen MR) is 156 cm³/mol. The van der Waals surface area contributed by atoms with Crippen LogP contribution in [0.3, 0.4) is 0 Å². The number of alkyl carbamates (subject to hydrolysis) is 1. The molecular formula is C28H47NO7S2. The summed E-state index contributed by atoms with van der Waals surface area (Å²) in [5.41, 5.74) is 0.556. The number of nitrogens with one attached hydrogen (secondary N) is 1. The number of thioether (sulfide) groups is 1. The number of benzene rings is 1. The van der Waals surface area contributed by atoms with E-state index in [9.17, 15) is 13.8 Å². The number of fused-ring (bicyclic) bond motifs is 1. The third-order valence-corrected chi connectivity index (χ3v) is 8.11. The maximum Gasteiger partial charge on any atom is 0.408 e. The third-order valence-electron chi connectivity index (χ3n) is 5.71. The van der Waals surface area contributed by atoms with Crippen molar-refractivity contribution in [2.75, 3.05) is 24.6 Å². The van der Waals surface area contributed by atoms with Crippen LogP contribution in [0.4, 0.5) is 4.79 Å². The molecule has 2 unspecified atom stereocenters. The topological polar surface area (TPSA) is 111 Å². The lowest BCUT2D eigenvalue weighted by atomic mass is 10.1. The van der Waals surface area contributed by atoms with E-state index in [1.165, 1.54) is 49.4 Å². The highest BCUT2D eigenvalue weighted by molar-refractivity contribution is 7.98. The molecule has 38 heavy (non-hydrogen) atoms. The summed E-state index contributed by atoms with van der Waals surface area (Å²) >= 11 is 1.53. The van der Waals surface area contributed by atoms with Crippen LogP contribution in [0, 0.1) is 0 Å². The smallest absolute Gasteiger partial charge is 0.408 e. The molecule has 1 aliphatic rings. The number of unbranched alkanes of at least 4 members (excludes halogenated alkanes) is 5. The average molecular weight is 574 g/mol. The zero-order valence-corrected chi connectivity index (χ0v) is 25.5. The summed E-state index contributed by atoms with van der Waals surface area (Å²) in [6.07, 6.45) is 9.89. The number of amides is 1. The van der Waals surface area contributed by atoms with Crippen molar-refractivity contribution >= 4 is 34.6 Å². The SMILES string of the molecule is CCCCCCCCS(=O)C(C)Cc1ccc2c(c1)OCO2.CSCC[C@H](NC(=O)OC(C)(C)C)C(=O)O. The summed E-state index contributed by atoms with van der Waals surface area (Å²) in [4.78, 5) is 22.2. The molecule has 0 aromatic heterocycles. The minimum absolute atomic E-state index is 0.191. The Balaban J connectivity index is 0.000000403. The second-order valence-electron chi connectivity index (χ2n) is 10.4. The van der Waals surface area contributed by atoms with Crippen LogP contribution in [0.15, 0.2) is 18.2 Å². The molecule has 1 aromatic rings. The number of carboxylic acid groups (broad SMARTS) is 1. The van der Waals surface area contributed by atoms with Gasteiger partial charge in [-0.05, 0) is 69.7 Å². The number of aliphatic carboxylic acids is 1. The molecule has 218 valence electrons. The van der Waals surface area contributed by atoms with E-state index in [0.717, 1.165) is 30.1 Å². The molecule has 0 fully saturated rings. The van der Waals surface area contributed by atoms with Crippen molar-refractivity contribution < 1.29 is 33.1 Å². The summed E-state index contributed by atoms with van der Waals surface area (Å²) in [5, 5.41) is 11.4. The number of carbonyl (C=O) groups is 2. The van der Waals surface area contributed by atoms with Crippen LogP contribution in [-0.2, 0) is 26.8 Å². The van der Waals surface area contributed by atoms with E-state index in [-0.39, 0.29) is 5.25 Å². The Morgan fingerprint density at radius 1 is 1.13 bits per heavy atom. The van der Waals surface area contributed by atoms with Crippen LogP contribution in [0.25, 0.3) is 0 Å². The van der Waals surface area contributed by atoms with Gasteiger partial charge in [-0.25, -0.2) is 9.59 Å². The Morgan fingerprint density at radius 2 is 1.79 bits per heavy atom. The number of hydrogen-bond donors (Lipinski definition) is 2. The van der Waals surface area contributed by atoms with Gasteiger partial charge in [-0.1, -0.05) is 52.0 Å². The van der Waals surface area contributed by atoms with Gasteiger partial charge in [0.15, 0.2) is 11.5 Å². The van der Waals surface area contributed by atoms with E-state index in [1.54, 1.807) is 20.8 Å². The van der Waals surface area contributed by atoms with Gasteiger partial charge in [0.2, 0.25) is 6.79 Å². The fraction of sp³-hybridized carbons (Fsp3) is 0.714. The lowest BCUT2D eigenvalue weighted by Gasteiger charge is -2.21. The summed E-state index contributed by atoms with van der Waals surface area (Å²) < 4.78 is 28.0. The first-order valence-corrected chi connectivity index (χ1v) is 16.2. The molecule has 0 saturated carbocycles. The Kier molecular flexibility index (Phi) is 16.5. The Bertz CT molecular complexity index is 873. The van der Waals surface area contributed by atoms with Crippen molar-refractivity contribution in [1.82, 2.24) is 5.32 Å². The molecule has 2 rings (SSSR count). The first-order valence-electron chi connectivity index (χ1n) is 13.4. The summed E-state index contributed by atoms with van der Waals surface area (Å²) in [6.45, 7) is 9.79. The Morgan fingerprint density at radius 3 is 2.42 bits per heavy atom. The van der Waals surface area contributed by atoms with Crippen LogP contribution < -0.4 is 14.8 Å². The van der Waals surface area contributed by atoms with Crippen LogP contribution in [-0.4, -0.2) is 62.8 Å². The number of carboxylic acids is 1. The van der Waals surface area contributed by atoms with Crippen LogP contribution in [0.5, 0.6) is 11.5 Å². The molecule has 8 nitrogen and oxygen atoms in total. The largest absolute Gasteiger partial charge is 0.480 e. The highest BCUT2D eigenvalue weighted by Gasteiger charge is 2.23. The van der Waals surface area contributed by atoms with Crippen molar-refractivity contribution in [1.29, 1.82) is 0 Å². The number of hydrogen-bond acceptors (Lipinski definition) is 7. The molecule has 10 heteroatoms. The van der Waals surface area contributed by atoms with Crippen molar-refractivity contribution in [3.63, 3.8) is 0 Å². The molecule has 1 aliphatic heterocycles. The number of ether oxygens (including phenoxy) is 3. The first kappa shape index (κ1) is 34.1. The Labute approximate surface area is 235 Å². The molecule has 0 spiro atoms. The predicted octanol–water partition coefficient (Wildman–Crippen LogP) is 6.17. The van der Waals surface area contributed by atoms with E-state index in [0.29, 0.717) is 19.0 Å². The normalized spacial score (nSPS) is 14.6. The molecule has 1 heterocycles. The lowest BCUT2D eigenvalue weighted by Crippen LogP contribution is -2.43. The standard InChI is InChI=1S/C18H28O3S.C10H19NO4S/c1-3-4-5-6-7-8-11-22(19)15(2)12-16-9-10-17-18(13-16)21-14-20-17;1-10(2,3)15-9(14)11-7(8(12)13)5-6-16-4/h9-10,13,15H,3-8,11-12,14H2,1-2H3;7H,5-6H2,1-4H3,(H,11,14)(H,12,13)/t;7-/m.0/s1. The number of carbonyl (C=O) groups excluding carboxylic acids is 1. The highest BCUT2D eigenvalue weighted by Crippen LogP contribution is 2.33. The van der Waals surface area contributed by atoms with Crippen LogP contribution in [0.1, 0.15) is 85.1 Å². The van der Waals surface area contributed by atoms with Gasteiger partial charge in [0.05, 0.1) is 0 Å². The van der Waals surface area contributed by atoms with E-state index in [4.69, 9.17) is 19.3 Å². The molecule has 3 atom stereocenters. The molecule has 0 radical (unpaired) electrons. The number of rotatable bonds is 15. The molecule has 0 aliphatic carbocycles. The van der Waals surface area contributed by atoms with Gasteiger partial charge in [0.1, 0.15) is 11.6 Å². The van der Waals surface area contributed by atoms with Gasteiger partial charge in [-0.3, -0.25) is 4.21 Å². The van der Waals surface area contributed by atoms with E-state index in [2.05, 4.69) is 19.2 Å². The first-order chi connectivity index (χ1) is 18.0. The minimum Gasteiger partial charge on any atom is -0.480 e. The second-order valence-corrected chi connectivity index (χ2v) is 13.3. The van der Waals surface area contributed by atoms with Gasteiger partial charge in [0, 0.05) is 21.8 Å². The monoisotopic (exact) mass is 573 g/mol. The van der Waals surface area contributed by atoms with Crippen molar-refractivity contribution in [2.24, 2.45) is 0 Å². The maximum atomic E-state index is 12.3. The van der Waals surface area contributed by atoms with Gasteiger partial charge in [-0.2, -0.15) is 11.8 Å².